The first-order chi connectivity index (χ1) is 6.74. The lowest BCUT2D eigenvalue weighted by Gasteiger charge is -2.12. The molecular formula is C11H20O3. The molecule has 0 rings (SSSR count). The Bertz CT molecular complexity index is 171. The van der Waals surface area contributed by atoms with Gasteiger partial charge in [0.1, 0.15) is 6.29 Å². The highest BCUT2D eigenvalue weighted by atomic mass is 16.7. The number of hydrogen-bond donors (Lipinski definition) is 0. The van der Waals surface area contributed by atoms with Crippen molar-refractivity contribution in [3.63, 3.8) is 0 Å². The zero-order valence-electron chi connectivity index (χ0n) is 9.29. The molecule has 0 heterocycles. The van der Waals surface area contributed by atoms with Gasteiger partial charge >= 0.3 is 0 Å². The summed E-state index contributed by atoms with van der Waals surface area (Å²) in [6.07, 6.45) is 6.16. The Morgan fingerprint density at radius 1 is 1.29 bits per heavy atom. The quantitative estimate of drug-likeness (QED) is 0.261. The average molecular weight is 200 g/mol. The maximum atomic E-state index is 10.1. The van der Waals surface area contributed by atoms with Crippen molar-refractivity contribution in [2.75, 3.05) is 14.2 Å². The number of methoxy groups -OCH3 is 2. The lowest BCUT2D eigenvalue weighted by Crippen LogP contribution is -2.12. The van der Waals surface area contributed by atoms with Crippen LogP contribution in [0, 0.1) is 0 Å². The Labute approximate surface area is 86.1 Å². The Morgan fingerprint density at radius 3 is 2.43 bits per heavy atom. The summed E-state index contributed by atoms with van der Waals surface area (Å²) in [6, 6.07) is 0. The van der Waals surface area contributed by atoms with Crippen molar-refractivity contribution in [2.24, 2.45) is 0 Å². The summed E-state index contributed by atoms with van der Waals surface area (Å²) < 4.78 is 10.1. The molecule has 0 radical (unpaired) electrons. The van der Waals surface area contributed by atoms with Gasteiger partial charge in [0.05, 0.1) is 0 Å². The van der Waals surface area contributed by atoms with Crippen LogP contribution in [0.5, 0.6) is 0 Å². The van der Waals surface area contributed by atoms with E-state index in [2.05, 4.69) is 13.0 Å². The number of carbonyl (C=O) groups is 1. The number of aldehydes is 1. The molecule has 0 aromatic carbocycles. The standard InChI is InChI=1S/C11H20O3/c1-10(6-4-5-9-12)7-8-11(13-2)14-3/h6,9,11H,4-5,7-8H2,1-3H3. The Balaban J connectivity index is 3.64. The lowest BCUT2D eigenvalue weighted by molar-refractivity contribution is -0.107. The molecule has 0 unspecified atom stereocenters. The molecule has 82 valence electrons. The van der Waals surface area contributed by atoms with Crippen LogP contribution in [0.25, 0.3) is 0 Å². The molecular weight excluding hydrogens is 180 g/mol. The fourth-order valence-electron chi connectivity index (χ4n) is 1.18. The highest BCUT2D eigenvalue weighted by Gasteiger charge is 2.04. The van der Waals surface area contributed by atoms with Gasteiger partial charge in [0.25, 0.3) is 0 Å². The summed E-state index contributed by atoms with van der Waals surface area (Å²) in [5, 5.41) is 0. The Morgan fingerprint density at radius 2 is 1.93 bits per heavy atom. The van der Waals surface area contributed by atoms with E-state index in [1.165, 1.54) is 5.57 Å². The third-order valence-corrected chi connectivity index (χ3v) is 2.08. The van der Waals surface area contributed by atoms with Crippen molar-refractivity contribution in [1.29, 1.82) is 0 Å². The van der Waals surface area contributed by atoms with E-state index in [-0.39, 0.29) is 6.29 Å². The zero-order valence-corrected chi connectivity index (χ0v) is 9.29. The molecule has 0 spiro atoms. The molecule has 3 nitrogen and oxygen atoms in total. The third kappa shape index (κ3) is 6.80. The van der Waals surface area contributed by atoms with E-state index in [0.717, 1.165) is 25.5 Å². The minimum Gasteiger partial charge on any atom is -0.356 e. The summed E-state index contributed by atoms with van der Waals surface area (Å²) in [7, 11) is 3.28. The second-order valence-corrected chi connectivity index (χ2v) is 3.23. The predicted molar refractivity (Wildman–Crippen MR) is 56.1 cm³/mol. The molecule has 0 fully saturated rings. The number of carbonyl (C=O) groups excluding carboxylic acids is 1. The normalized spacial score (nSPS) is 12.1. The van der Waals surface area contributed by atoms with Gasteiger partial charge in [-0.1, -0.05) is 11.6 Å². The maximum absolute atomic E-state index is 10.1. The maximum Gasteiger partial charge on any atom is 0.157 e. The van der Waals surface area contributed by atoms with Gasteiger partial charge in [-0.25, -0.2) is 0 Å². The van der Waals surface area contributed by atoms with Crippen LogP contribution in [-0.4, -0.2) is 26.8 Å². The largest absolute Gasteiger partial charge is 0.356 e. The van der Waals surface area contributed by atoms with Crippen LogP contribution >= 0.6 is 0 Å². The van der Waals surface area contributed by atoms with Crippen LogP contribution in [0.2, 0.25) is 0 Å². The van der Waals surface area contributed by atoms with E-state index in [4.69, 9.17) is 9.47 Å². The second kappa shape index (κ2) is 8.91. The van der Waals surface area contributed by atoms with E-state index >= 15 is 0 Å². The van der Waals surface area contributed by atoms with Crippen LogP contribution in [-0.2, 0) is 14.3 Å². The van der Waals surface area contributed by atoms with Gasteiger partial charge in [-0.3, -0.25) is 0 Å². The highest BCUT2D eigenvalue weighted by Crippen LogP contribution is 2.10. The molecule has 0 aliphatic heterocycles. The van der Waals surface area contributed by atoms with Gasteiger partial charge < -0.3 is 14.3 Å². The average Bonchev–Trinajstić information content (AvgIpc) is 2.20. The van der Waals surface area contributed by atoms with Crippen LogP contribution < -0.4 is 0 Å². The molecule has 0 saturated heterocycles. The van der Waals surface area contributed by atoms with Crippen LogP contribution in [0.3, 0.4) is 0 Å². The SMILES string of the molecule is COC(CCC(C)=CCCC=O)OC. The molecule has 0 aromatic heterocycles. The van der Waals surface area contributed by atoms with Crippen molar-refractivity contribution >= 4 is 6.29 Å². The Hall–Kier alpha value is -0.670. The van der Waals surface area contributed by atoms with E-state index in [0.29, 0.717) is 6.42 Å². The minimum absolute atomic E-state index is 0.121. The molecule has 0 aliphatic carbocycles. The second-order valence-electron chi connectivity index (χ2n) is 3.23. The third-order valence-electron chi connectivity index (χ3n) is 2.08. The van der Waals surface area contributed by atoms with Gasteiger partial charge in [0, 0.05) is 27.1 Å². The molecule has 0 aromatic rings. The van der Waals surface area contributed by atoms with Gasteiger partial charge in [-0.05, 0) is 19.8 Å². The van der Waals surface area contributed by atoms with Crippen molar-refractivity contribution in [3.8, 4) is 0 Å². The smallest absolute Gasteiger partial charge is 0.157 e. The number of hydrogen-bond acceptors (Lipinski definition) is 3. The molecule has 0 atom stereocenters. The van der Waals surface area contributed by atoms with Crippen LogP contribution in [0.4, 0.5) is 0 Å². The van der Waals surface area contributed by atoms with Gasteiger partial charge in [0.2, 0.25) is 0 Å². The molecule has 0 aliphatic rings. The molecule has 0 saturated carbocycles. The van der Waals surface area contributed by atoms with Gasteiger partial charge in [-0.2, -0.15) is 0 Å². The highest BCUT2D eigenvalue weighted by molar-refractivity contribution is 5.49. The van der Waals surface area contributed by atoms with E-state index < -0.39 is 0 Å². The number of ether oxygens (including phenoxy) is 2. The fraction of sp³-hybridized carbons (Fsp3) is 0.727. The molecule has 3 heteroatoms. The van der Waals surface area contributed by atoms with Crippen LogP contribution in [0.15, 0.2) is 11.6 Å². The first kappa shape index (κ1) is 13.3. The summed E-state index contributed by atoms with van der Waals surface area (Å²) in [5.41, 5.74) is 1.28. The fourth-order valence-corrected chi connectivity index (χ4v) is 1.18. The molecule has 0 bridgehead atoms. The minimum atomic E-state index is -0.121. The first-order valence-electron chi connectivity index (χ1n) is 4.89. The zero-order chi connectivity index (χ0) is 10.8. The predicted octanol–water partition coefficient (Wildman–Crippen LogP) is 2.31. The van der Waals surface area contributed by atoms with Crippen molar-refractivity contribution < 1.29 is 14.3 Å². The summed E-state index contributed by atoms with van der Waals surface area (Å²) in [5.74, 6) is 0. The monoisotopic (exact) mass is 200 g/mol. The topological polar surface area (TPSA) is 35.5 Å². The summed E-state index contributed by atoms with van der Waals surface area (Å²) in [4.78, 5) is 10.1. The van der Waals surface area contributed by atoms with E-state index in [9.17, 15) is 4.79 Å². The number of unbranched alkanes of at least 4 members (excludes halogenated alkanes) is 1. The van der Waals surface area contributed by atoms with Crippen molar-refractivity contribution in [3.05, 3.63) is 11.6 Å². The molecule has 14 heavy (non-hydrogen) atoms. The van der Waals surface area contributed by atoms with Gasteiger partial charge in [-0.15, -0.1) is 0 Å². The van der Waals surface area contributed by atoms with E-state index in [1.807, 2.05) is 0 Å². The van der Waals surface area contributed by atoms with Crippen molar-refractivity contribution in [1.82, 2.24) is 0 Å². The van der Waals surface area contributed by atoms with Crippen molar-refractivity contribution in [2.45, 2.75) is 38.9 Å². The first-order valence-corrected chi connectivity index (χ1v) is 4.89. The molecule has 0 N–H and O–H groups in total. The van der Waals surface area contributed by atoms with Gasteiger partial charge in [0.15, 0.2) is 6.29 Å². The number of rotatable bonds is 8. The number of allylic oxidation sites excluding steroid dienone is 2. The summed E-state index contributed by atoms with van der Waals surface area (Å²) in [6.45, 7) is 2.06. The lowest BCUT2D eigenvalue weighted by atomic mass is 10.1. The Kier molecular flexibility index (Phi) is 8.48. The van der Waals surface area contributed by atoms with Crippen LogP contribution in [0.1, 0.15) is 32.6 Å². The van der Waals surface area contributed by atoms with E-state index in [1.54, 1.807) is 14.2 Å². The summed E-state index contributed by atoms with van der Waals surface area (Å²) >= 11 is 0. The molecule has 0 amide bonds.